The van der Waals surface area contributed by atoms with Crippen LogP contribution in [0, 0.1) is 12.3 Å². The molecule has 2 aromatic rings. The Morgan fingerprint density at radius 3 is 2.56 bits per heavy atom. The first-order chi connectivity index (χ1) is 8.27. The number of rotatable bonds is 1. The van der Waals surface area contributed by atoms with Crippen LogP contribution in [-0.2, 0) is 4.79 Å². The highest BCUT2D eigenvalue weighted by Gasteiger charge is 2.22. The zero-order valence-corrected chi connectivity index (χ0v) is 12.1. The number of carbonyl (C=O) groups excluding carboxylic acids is 1. The Morgan fingerprint density at radius 1 is 1.28 bits per heavy atom. The molecule has 0 saturated carbocycles. The van der Waals surface area contributed by atoms with Gasteiger partial charge in [-0.3, -0.25) is 10.1 Å². The van der Waals surface area contributed by atoms with Gasteiger partial charge in [-0.15, -0.1) is 0 Å². The van der Waals surface area contributed by atoms with Gasteiger partial charge in [0, 0.05) is 5.41 Å². The van der Waals surface area contributed by atoms with Crippen LogP contribution in [0.15, 0.2) is 0 Å². The molecular formula is C11H13ClN4OS. The van der Waals surface area contributed by atoms with E-state index in [4.69, 9.17) is 11.6 Å². The van der Waals surface area contributed by atoms with Gasteiger partial charge >= 0.3 is 0 Å². The van der Waals surface area contributed by atoms with Gasteiger partial charge in [0.15, 0.2) is 9.98 Å². The first-order valence-electron chi connectivity index (χ1n) is 5.39. The predicted octanol–water partition coefficient (Wildman–Crippen LogP) is 3.03. The quantitative estimate of drug-likeness (QED) is 0.817. The normalized spacial score (nSPS) is 11.8. The Bertz CT molecular complexity index is 617. The fourth-order valence-corrected chi connectivity index (χ4v) is 2.29. The summed E-state index contributed by atoms with van der Waals surface area (Å²) in [5.41, 5.74) is 0.0712. The van der Waals surface area contributed by atoms with Gasteiger partial charge in [0.2, 0.25) is 11.9 Å². The van der Waals surface area contributed by atoms with Crippen molar-refractivity contribution in [3.8, 4) is 0 Å². The lowest BCUT2D eigenvalue weighted by molar-refractivity contribution is -0.123. The number of amides is 1. The first-order valence-corrected chi connectivity index (χ1v) is 6.59. The molecule has 2 heterocycles. The van der Waals surface area contributed by atoms with Gasteiger partial charge in [-0.2, -0.15) is 9.97 Å². The molecule has 1 amide bonds. The molecule has 0 fully saturated rings. The Hall–Kier alpha value is -1.27. The Balaban J connectivity index is 2.38. The number of carbonyl (C=O) groups is 1. The summed E-state index contributed by atoms with van der Waals surface area (Å²) in [5, 5.41) is 3.78. The second kappa shape index (κ2) is 4.44. The molecule has 0 unspecified atom stereocenters. The number of nitrogens with zero attached hydrogens (tertiary/aromatic N) is 3. The zero-order chi connectivity index (χ0) is 13.5. The van der Waals surface area contributed by atoms with Gasteiger partial charge in [0.05, 0.1) is 5.01 Å². The smallest absolute Gasteiger partial charge is 0.232 e. The molecular weight excluding hydrogens is 272 g/mol. The maximum Gasteiger partial charge on any atom is 0.232 e. The van der Waals surface area contributed by atoms with Crippen molar-refractivity contribution < 1.29 is 4.79 Å². The lowest BCUT2D eigenvalue weighted by Crippen LogP contribution is -2.28. The van der Waals surface area contributed by atoms with Crippen LogP contribution in [0.4, 0.5) is 5.95 Å². The van der Waals surface area contributed by atoms with Crippen molar-refractivity contribution in [1.82, 2.24) is 15.0 Å². The predicted molar refractivity (Wildman–Crippen MR) is 73.0 cm³/mol. The third kappa shape index (κ3) is 2.59. The number of halogens is 1. The van der Waals surface area contributed by atoms with Crippen LogP contribution < -0.4 is 5.32 Å². The zero-order valence-electron chi connectivity index (χ0n) is 10.5. The maximum atomic E-state index is 11.8. The van der Waals surface area contributed by atoms with E-state index in [-0.39, 0.29) is 17.0 Å². The van der Waals surface area contributed by atoms with Crippen molar-refractivity contribution in [3.05, 3.63) is 10.2 Å². The molecule has 0 aliphatic heterocycles. The van der Waals surface area contributed by atoms with E-state index in [0.717, 1.165) is 5.01 Å². The van der Waals surface area contributed by atoms with Crippen LogP contribution in [0.5, 0.6) is 0 Å². The fraction of sp³-hybridized carbons (Fsp3) is 0.455. The largest absolute Gasteiger partial charge is 0.294 e. The summed E-state index contributed by atoms with van der Waals surface area (Å²) < 4.78 is 0. The molecule has 0 bridgehead atoms. The molecule has 5 nitrogen and oxygen atoms in total. The van der Waals surface area contributed by atoms with Crippen molar-refractivity contribution in [2.24, 2.45) is 5.41 Å². The van der Waals surface area contributed by atoms with E-state index in [2.05, 4.69) is 20.3 Å². The number of thiazole rings is 1. The Morgan fingerprint density at radius 2 is 1.94 bits per heavy atom. The van der Waals surface area contributed by atoms with Crippen molar-refractivity contribution in [3.63, 3.8) is 0 Å². The van der Waals surface area contributed by atoms with Crippen molar-refractivity contribution >= 4 is 45.1 Å². The van der Waals surface area contributed by atoms with E-state index in [1.54, 1.807) is 0 Å². The van der Waals surface area contributed by atoms with E-state index >= 15 is 0 Å². The molecule has 0 spiro atoms. The highest BCUT2D eigenvalue weighted by Crippen LogP contribution is 2.26. The van der Waals surface area contributed by atoms with Gasteiger partial charge in [0.25, 0.3) is 0 Å². The third-order valence-corrected chi connectivity index (χ3v) is 3.36. The van der Waals surface area contributed by atoms with Gasteiger partial charge < -0.3 is 0 Å². The number of aryl methyl sites for hydroxylation is 1. The summed E-state index contributed by atoms with van der Waals surface area (Å²) in [6.45, 7) is 7.33. The topological polar surface area (TPSA) is 67.8 Å². The molecule has 0 radical (unpaired) electrons. The number of fused-ring (bicyclic) bond motifs is 1. The molecule has 0 saturated heterocycles. The average molecular weight is 285 g/mol. The highest BCUT2D eigenvalue weighted by atomic mass is 35.5. The van der Waals surface area contributed by atoms with Crippen LogP contribution in [0.1, 0.15) is 25.8 Å². The molecule has 1 N–H and O–H groups in total. The SMILES string of the molecule is Cc1nc2c(Cl)nc(NC(=O)C(C)(C)C)nc2s1. The summed E-state index contributed by atoms with van der Waals surface area (Å²) >= 11 is 7.43. The molecule has 96 valence electrons. The maximum absolute atomic E-state index is 11.8. The van der Waals surface area contributed by atoms with Crippen molar-refractivity contribution in [2.75, 3.05) is 5.32 Å². The summed E-state index contributed by atoms with van der Waals surface area (Å²) in [6, 6.07) is 0. The second-order valence-electron chi connectivity index (χ2n) is 4.93. The molecule has 0 aliphatic rings. The number of hydrogen-bond donors (Lipinski definition) is 1. The summed E-state index contributed by atoms with van der Waals surface area (Å²) in [6.07, 6.45) is 0. The van der Waals surface area contributed by atoms with Crippen molar-refractivity contribution in [2.45, 2.75) is 27.7 Å². The lowest BCUT2D eigenvalue weighted by Gasteiger charge is -2.16. The first kappa shape index (κ1) is 13.2. The Labute approximate surface area is 114 Å². The summed E-state index contributed by atoms with van der Waals surface area (Å²) in [4.78, 5) is 25.0. The Kier molecular flexibility index (Phi) is 3.25. The summed E-state index contributed by atoms with van der Waals surface area (Å²) in [7, 11) is 0. The van der Waals surface area contributed by atoms with Crippen LogP contribution in [0.2, 0.25) is 5.15 Å². The van der Waals surface area contributed by atoms with Crippen LogP contribution in [0.25, 0.3) is 10.3 Å². The number of hydrogen-bond acceptors (Lipinski definition) is 5. The molecule has 0 aromatic carbocycles. The lowest BCUT2D eigenvalue weighted by atomic mass is 9.96. The molecule has 2 rings (SSSR count). The van der Waals surface area contributed by atoms with Gasteiger partial charge in [-0.1, -0.05) is 43.7 Å². The van der Waals surface area contributed by atoms with Crippen LogP contribution in [-0.4, -0.2) is 20.9 Å². The average Bonchev–Trinajstić information content (AvgIpc) is 2.57. The van der Waals surface area contributed by atoms with E-state index in [9.17, 15) is 4.79 Å². The van der Waals surface area contributed by atoms with Gasteiger partial charge in [-0.25, -0.2) is 4.98 Å². The highest BCUT2D eigenvalue weighted by molar-refractivity contribution is 7.18. The number of nitrogens with one attached hydrogen (secondary N) is 1. The number of aromatic nitrogens is 3. The van der Waals surface area contributed by atoms with Crippen molar-refractivity contribution in [1.29, 1.82) is 0 Å². The molecule has 18 heavy (non-hydrogen) atoms. The molecule has 7 heteroatoms. The van der Waals surface area contributed by atoms with E-state index < -0.39 is 5.41 Å². The second-order valence-corrected chi connectivity index (χ2v) is 6.47. The van der Waals surface area contributed by atoms with E-state index in [0.29, 0.717) is 10.3 Å². The van der Waals surface area contributed by atoms with Crippen LogP contribution in [0.3, 0.4) is 0 Å². The monoisotopic (exact) mass is 284 g/mol. The third-order valence-electron chi connectivity index (χ3n) is 2.23. The van der Waals surface area contributed by atoms with Gasteiger partial charge in [0.1, 0.15) is 5.52 Å². The molecule has 0 aliphatic carbocycles. The standard InChI is InChI=1S/C11H13ClN4OS/c1-5-13-6-7(12)14-10(15-8(6)18-5)16-9(17)11(2,3)4/h1-4H3,(H,14,15,16,17). The van der Waals surface area contributed by atoms with E-state index in [1.807, 2.05) is 27.7 Å². The fourth-order valence-electron chi connectivity index (χ4n) is 1.24. The summed E-state index contributed by atoms with van der Waals surface area (Å²) in [5.74, 6) is 0.0650. The minimum atomic E-state index is -0.506. The minimum absolute atomic E-state index is 0.154. The molecule has 2 aromatic heterocycles. The minimum Gasteiger partial charge on any atom is -0.294 e. The molecule has 0 atom stereocenters. The van der Waals surface area contributed by atoms with E-state index in [1.165, 1.54) is 11.3 Å². The van der Waals surface area contributed by atoms with Gasteiger partial charge in [-0.05, 0) is 6.92 Å². The van der Waals surface area contributed by atoms with Crippen LogP contribution >= 0.6 is 22.9 Å². The number of anilines is 1.